The Hall–Kier alpha value is -2.30. The first-order chi connectivity index (χ1) is 12.0. The van der Waals surface area contributed by atoms with Crippen LogP contribution in [0.4, 0.5) is 14.5 Å². The van der Waals surface area contributed by atoms with Crippen molar-refractivity contribution in [3.8, 4) is 11.3 Å². The molecular weight excluding hydrogens is 322 g/mol. The zero-order valence-corrected chi connectivity index (χ0v) is 14.8. The summed E-state index contributed by atoms with van der Waals surface area (Å²) in [7, 11) is 1.91. The third kappa shape index (κ3) is 9.55. The minimum atomic E-state index is -2.25. The largest absolute Gasteiger partial charge is 0.388 e. The topological polar surface area (TPSA) is 42.0 Å². The summed E-state index contributed by atoms with van der Waals surface area (Å²) in [4.78, 5) is 12.3. The molecule has 2 aliphatic rings. The van der Waals surface area contributed by atoms with Crippen LogP contribution in [-0.2, 0) is 4.79 Å². The number of hydrogen-bond acceptors (Lipinski definition) is 3. The monoisotopic (exact) mass is 348 g/mol. The van der Waals surface area contributed by atoms with Crippen LogP contribution in [0.5, 0.6) is 0 Å². The molecule has 136 valence electrons. The third-order valence-electron chi connectivity index (χ3n) is 3.61. The molecule has 4 rings (SSSR count). The number of pyridine rings is 1. The molecule has 0 bridgehead atoms. The van der Waals surface area contributed by atoms with Gasteiger partial charge in [-0.25, -0.2) is 8.78 Å². The molecule has 2 aliphatic carbocycles. The van der Waals surface area contributed by atoms with Crippen molar-refractivity contribution in [2.24, 2.45) is 5.92 Å². The van der Waals surface area contributed by atoms with Crippen LogP contribution in [-0.4, -0.2) is 24.7 Å². The predicted octanol–water partition coefficient (Wildman–Crippen LogP) is 5.44. The highest BCUT2D eigenvalue weighted by Crippen LogP contribution is 2.40. The molecule has 2 saturated carbocycles. The quantitative estimate of drug-likeness (QED) is 0.786. The van der Waals surface area contributed by atoms with Gasteiger partial charge in [-0.2, -0.15) is 0 Å². The van der Waals surface area contributed by atoms with Crippen molar-refractivity contribution >= 4 is 12.5 Å². The summed E-state index contributed by atoms with van der Waals surface area (Å²) < 4.78 is 22.3. The normalized spacial score (nSPS) is 15.8. The Balaban J connectivity index is 0.000000231. The molecule has 5 heteroatoms. The molecule has 0 spiro atoms. The van der Waals surface area contributed by atoms with Gasteiger partial charge in [-0.3, -0.25) is 4.98 Å². The Bertz CT molecular complexity index is 610. The van der Waals surface area contributed by atoms with Crippen LogP contribution < -0.4 is 5.32 Å². The molecule has 2 aromatic rings. The Morgan fingerprint density at radius 1 is 1.12 bits per heavy atom. The lowest BCUT2D eigenvalue weighted by Crippen LogP contribution is -1.88. The standard InChI is InChI=1S/C12H12N2.C4H8.C3H4F2.CH2O/c1-13-11-6-4-5-10(9-11)12-7-2-3-8-14-12;1-4-2-3-4;4-3(5)1-2-3;1-2/h2-9,13H,1H3;4H,2-3H2,1H3;1-2H2;1H2. The Kier molecular flexibility index (Phi) is 8.75. The van der Waals surface area contributed by atoms with Crippen molar-refractivity contribution in [1.82, 2.24) is 4.98 Å². The van der Waals surface area contributed by atoms with E-state index in [-0.39, 0.29) is 12.8 Å². The number of alkyl halides is 2. The fourth-order valence-corrected chi connectivity index (χ4v) is 1.63. The van der Waals surface area contributed by atoms with Crippen LogP contribution in [0.25, 0.3) is 11.3 Å². The van der Waals surface area contributed by atoms with Crippen LogP contribution in [0.15, 0.2) is 48.7 Å². The highest BCUT2D eigenvalue weighted by molar-refractivity contribution is 5.64. The molecule has 1 aromatic heterocycles. The molecule has 0 unspecified atom stereocenters. The zero-order chi connectivity index (χ0) is 18.7. The summed E-state index contributed by atoms with van der Waals surface area (Å²) in [5.74, 6) is -1.17. The number of halogens is 2. The van der Waals surface area contributed by atoms with Gasteiger partial charge in [0.2, 0.25) is 5.92 Å². The van der Waals surface area contributed by atoms with E-state index in [0.717, 1.165) is 22.9 Å². The van der Waals surface area contributed by atoms with E-state index in [9.17, 15) is 8.78 Å². The van der Waals surface area contributed by atoms with Gasteiger partial charge in [-0.15, -0.1) is 0 Å². The van der Waals surface area contributed by atoms with Gasteiger partial charge in [0.25, 0.3) is 0 Å². The minimum absolute atomic E-state index is 0.118. The van der Waals surface area contributed by atoms with Crippen LogP contribution >= 0.6 is 0 Å². The minimum Gasteiger partial charge on any atom is -0.388 e. The van der Waals surface area contributed by atoms with Crippen LogP contribution in [0.2, 0.25) is 0 Å². The molecule has 0 radical (unpaired) electrons. The first-order valence-corrected chi connectivity index (χ1v) is 8.36. The second-order valence-electron chi connectivity index (χ2n) is 6.08. The van der Waals surface area contributed by atoms with Crippen molar-refractivity contribution in [3.05, 3.63) is 48.7 Å². The van der Waals surface area contributed by atoms with Crippen LogP contribution in [0.1, 0.15) is 32.6 Å². The number of nitrogens with zero attached hydrogens (tertiary/aromatic N) is 1. The molecule has 0 amide bonds. The number of carbonyl (C=O) groups is 1. The fourth-order valence-electron chi connectivity index (χ4n) is 1.63. The van der Waals surface area contributed by atoms with Gasteiger partial charge < -0.3 is 10.1 Å². The van der Waals surface area contributed by atoms with E-state index >= 15 is 0 Å². The number of carbonyl (C=O) groups excluding carboxylic acids is 1. The number of hydrogen-bond donors (Lipinski definition) is 1. The molecule has 1 aromatic carbocycles. The summed E-state index contributed by atoms with van der Waals surface area (Å²) in [5, 5.41) is 3.11. The van der Waals surface area contributed by atoms with Crippen molar-refractivity contribution in [2.75, 3.05) is 12.4 Å². The maximum atomic E-state index is 11.1. The predicted molar refractivity (Wildman–Crippen MR) is 98.9 cm³/mol. The van der Waals surface area contributed by atoms with Crippen LogP contribution in [0, 0.1) is 5.92 Å². The summed E-state index contributed by atoms with van der Waals surface area (Å²) in [6.07, 6.45) is 5.02. The average Bonchev–Trinajstić information content (AvgIpc) is 3.59. The van der Waals surface area contributed by atoms with Gasteiger partial charge in [0.1, 0.15) is 6.79 Å². The lowest BCUT2D eigenvalue weighted by Gasteiger charge is -2.03. The molecule has 0 aliphatic heterocycles. The van der Waals surface area contributed by atoms with Crippen molar-refractivity contribution in [1.29, 1.82) is 0 Å². The molecule has 2 fully saturated rings. The maximum Gasteiger partial charge on any atom is 0.248 e. The van der Waals surface area contributed by atoms with Crippen molar-refractivity contribution in [3.63, 3.8) is 0 Å². The smallest absolute Gasteiger partial charge is 0.248 e. The highest BCUT2D eigenvalue weighted by Gasteiger charge is 2.43. The van der Waals surface area contributed by atoms with Crippen molar-refractivity contribution in [2.45, 2.75) is 38.5 Å². The number of rotatable bonds is 2. The van der Waals surface area contributed by atoms with E-state index in [4.69, 9.17) is 4.79 Å². The van der Waals surface area contributed by atoms with Gasteiger partial charge in [0.05, 0.1) is 5.69 Å². The maximum absolute atomic E-state index is 11.1. The molecule has 0 saturated heterocycles. The number of nitrogens with one attached hydrogen (secondary N) is 1. The lowest BCUT2D eigenvalue weighted by atomic mass is 10.1. The van der Waals surface area contributed by atoms with E-state index in [1.807, 2.05) is 44.2 Å². The molecule has 3 nitrogen and oxygen atoms in total. The van der Waals surface area contributed by atoms with Gasteiger partial charge in [0.15, 0.2) is 0 Å². The Morgan fingerprint density at radius 3 is 2.12 bits per heavy atom. The first-order valence-electron chi connectivity index (χ1n) is 8.36. The second kappa shape index (κ2) is 10.5. The van der Waals surface area contributed by atoms with Gasteiger partial charge >= 0.3 is 0 Å². The lowest BCUT2D eigenvalue weighted by molar-refractivity contribution is -0.0980. The molecular formula is C20H26F2N2O. The van der Waals surface area contributed by atoms with Crippen molar-refractivity contribution < 1.29 is 13.6 Å². The van der Waals surface area contributed by atoms with Gasteiger partial charge in [-0.1, -0.05) is 38.0 Å². The van der Waals surface area contributed by atoms with E-state index in [2.05, 4.69) is 29.4 Å². The fraction of sp³-hybridized carbons (Fsp3) is 0.400. The first kappa shape index (κ1) is 20.7. The number of anilines is 1. The Morgan fingerprint density at radius 2 is 1.72 bits per heavy atom. The highest BCUT2D eigenvalue weighted by atomic mass is 19.3. The van der Waals surface area contributed by atoms with E-state index in [0.29, 0.717) is 0 Å². The number of benzene rings is 1. The molecule has 0 atom stereocenters. The average molecular weight is 348 g/mol. The molecule has 1 heterocycles. The molecule has 25 heavy (non-hydrogen) atoms. The SMILES string of the molecule is C=O.CC1CC1.CNc1cccc(-c2ccccn2)c1.FC1(F)CC1. The third-order valence-corrected chi connectivity index (χ3v) is 3.61. The number of aromatic nitrogens is 1. The van der Waals surface area contributed by atoms with E-state index in [1.165, 1.54) is 12.8 Å². The van der Waals surface area contributed by atoms with E-state index < -0.39 is 5.92 Å². The molecule has 1 N–H and O–H groups in total. The summed E-state index contributed by atoms with van der Waals surface area (Å²) in [6.45, 7) is 4.28. The summed E-state index contributed by atoms with van der Waals surface area (Å²) >= 11 is 0. The van der Waals surface area contributed by atoms with E-state index in [1.54, 1.807) is 6.20 Å². The zero-order valence-electron chi connectivity index (χ0n) is 14.8. The Labute approximate surface area is 148 Å². The summed E-state index contributed by atoms with van der Waals surface area (Å²) in [6, 6.07) is 14.1. The van der Waals surface area contributed by atoms with Gasteiger partial charge in [0, 0.05) is 37.3 Å². The second-order valence-corrected chi connectivity index (χ2v) is 6.08. The van der Waals surface area contributed by atoms with Crippen LogP contribution in [0.3, 0.4) is 0 Å². The van der Waals surface area contributed by atoms with Gasteiger partial charge in [-0.05, 0) is 30.2 Å². The summed E-state index contributed by atoms with van der Waals surface area (Å²) in [5.41, 5.74) is 3.25.